The van der Waals surface area contributed by atoms with Crippen LogP contribution in [0.1, 0.15) is 37.7 Å². The van der Waals surface area contributed by atoms with Gasteiger partial charge < -0.3 is 10.2 Å². The van der Waals surface area contributed by atoms with Crippen LogP contribution in [-0.2, 0) is 21.2 Å². The fourth-order valence-corrected chi connectivity index (χ4v) is 6.14. The summed E-state index contributed by atoms with van der Waals surface area (Å²) in [6.45, 7) is 2.92. The largest absolute Gasteiger partial charge is 0.354 e. The Labute approximate surface area is 200 Å². The van der Waals surface area contributed by atoms with E-state index in [4.69, 9.17) is 4.98 Å². The third kappa shape index (κ3) is 4.76. The van der Waals surface area contributed by atoms with Crippen LogP contribution in [0, 0.1) is 0 Å². The van der Waals surface area contributed by atoms with E-state index < -0.39 is 10.0 Å². The Bertz CT molecular complexity index is 1280. The topological polar surface area (TPSA) is 95.5 Å². The van der Waals surface area contributed by atoms with Crippen LogP contribution in [0.5, 0.6) is 0 Å². The molecule has 2 saturated heterocycles. The van der Waals surface area contributed by atoms with E-state index >= 15 is 0 Å². The van der Waals surface area contributed by atoms with Gasteiger partial charge in [0.2, 0.25) is 15.9 Å². The lowest BCUT2D eigenvalue weighted by molar-refractivity contribution is -0.115. The van der Waals surface area contributed by atoms with Crippen LogP contribution in [0.15, 0.2) is 53.4 Å². The van der Waals surface area contributed by atoms with Crippen LogP contribution < -0.4 is 10.2 Å². The minimum Gasteiger partial charge on any atom is -0.354 e. The SMILES string of the molecule is O=C(Cc1ccc(S(=O)(=O)N2CCCCC2)cc1)Nc1nc2ccccc2nc1N1CCCC1. The lowest BCUT2D eigenvalue weighted by atomic mass is 10.1. The van der Waals surface area contributed by atoms with Crippen LogP contribution >= 0.6 is 0 Å². The average Bonchev–Trinajstić information content (AvgIpc) is 3.39. The average molecular weight is 480 g/mol. The summed E-state index contributed by atoms with van der Waals surface area (Å²) < 4.78 is 27.3. The van der Waals surface area contributed by atoms with Gasteiger partial charge >= 0.3 is 0 Å². The maximum Gasteiger partial charge on any atom is 0.243 e. The van der Waals surface area contributed by atoms with Crippen molar-refractivity contribution in [2.75, 3.05) is 36.4 Å². The van der Waals surface area contributed by atoms with Gasteiger partial charge in [0.05, 0.1) is 22.3 Å². The molecular formula is C25H29N5O3S. The molecule has 0 atom stereocenters. The number of anilines is 2. The number of amides is 1. The molecule has 3 heterocycles. The summed E-state index contributed by atoms with van der Waals surface area (Å²) in [5, 5.41) is 2.94. The highest BCUT2D eigenvalue weighted by Gasteiger charge is 2.26. The number of nitrogens with one attached hydrogen (secondary N) is 1. The number of piperidine rings is 1. The molecule has 0 spiro atoms. The molecule has 1 N–H and O–H groups in total. The zero-order valence-corrected chi connectivity index (χ0v) is 19.9. The van der Waals surface area contributed by atoms with Crippen LogP contribution in [0.2, 0.25) is 0 Å². The molecule has 3 aromatic rings. The van der Waals surface area contributed by atoms with Crippen LogP contribution in [0.3, 0.4) is 0 Å². The molecule has 2 aliphatic rings. The number of carbonyl (C=O) groups excluding carboxylic acids is 1. The van der Waals surface area contributed by atoms with Crippen molar-refractivity contribution in [1.82, 2.24) is 14.3 Å². The highest BCUT2D eigenvalue weighted by atomic mass is 32.2. The molecular weight excluding hydrogens is 450 g/mol. The molecule has 0 bridgehead atoms. The highest BCUT2D eigenvalue weighted by Crippen LogP contribution is 2.28. The Morgan fingerprint density at radius 3 is 2.12 bits per heavy atom. The second-order valence-electron chi connectivity index (χ2n) is 8.91. The zero-order valence-electron chi connectivity index (χ0n) is 19.1. The molecule has 0 aliphatic carbocycles. The monoisotopic (exact) mass is 479 g/mol. The summed E-state index contributed by atoms with van der Waals surface area (Å²) in [5.41, 5.74) is 2.27. The molecule has 9 heteroatoms. The quantitative estimate of drug-likeness (QED) is 0.581. The standard InChI is InChI=1S/C25H29N5O3S/c31-23(18-19-10-12-20(13-11-19)34(32,33)30-16-4-1-5-17-30)28-24-25(29-14-6-7-15-29)27-22-9-3-2-8-21(22)26-24/h2-3,8-13H,1,4-7,14-18H2,(H,26,28,31). The number of carbonyl (C=O) groups is 1. The van der Waals surface area contributed by atoms with Crippen molar-refractivity contribution in [3.63, 3.8) is 0 Å². The number of hydrogen-bond donors (Lipinski definition) is 1. The molecule has 1 amide bonds. The smallest absolute Gasteiger partial charge is 0.243 e. The molecule has 0 saturated carbocycles. The molecule has 178 valence electrons. The van der Waals surface area contributed by atoms with E-state index in [9.17, 15) is 13.2 Å². The Morgan fingerprint density at radius 2 is 1.44 bits per heavy atom. The van der Waals surface area contributed by atoms with Gasteiger partial charge in [-0.15, -0.1) is 0 Å². The Hall–Kier alpha value is -3.04. The Morgan fingerprint density at radius 1 is 0.824 bits per heavy atom. The van der Waals surface area contributed by atoms with E-state index in [1.54, 1.807) is 28.6 Å². The first-order chi connectivity index (χ1) is 16.5. The highest BCUT2D eigenvalue weighted by molar-refractivity contribution is 7.89. The normalized spacial score (nSPS) is 17.2. The van der Waals surface area contributed by atoms with Gasteiger partial charge in [-0.1, -0.05) is 30.7 Å². The van der Waals surface area contributed by atoms with Gasteiger partial charge in [-0.3, -0.25) is 4.79 Å². The first-order valence-electron chi connectivity index (χ1n) is 11.9. The van der Waals surface area contributed by atoms with Gasteiger partial charge in [0, 0.05) is 26.2 Å². The summed E-state index contributed by atoms with van der Waals surface area (Å²) >= 11 is 0. The minimum absolute atomic E-state index is 0.123. The Balaban J connectivity index is 1.32. The predicted octanol–water partition coefficient (Wildman–Crippen LogP) is 3.59. The summed E-state index contributed by atoms with van der Waals surface area (Å²) in [6, 6.07) is 14.2. The van der Waals surface area contributed by atoms with E-state index in [1.807, 2.05) is 24.3 Å². The Kier molecular flexibility index (Phi) is 6.47. The lowest BCUT2D eigenvalue weighted by Crippen LogP contribution is -2.35. The maximum absolute atomic E-state index is 12.9. The number of para-hydroxylation sites is 2. The van der Waals surface area contributed by atoms with E-state index in [2.05, 4.69) is 15.2 Å². The molecule has 5 rings (SSSR count). The van der Waals surface area contributed by atoms with E-state index in [1.165, 1.54) is 0 Å². The van der Waals surface area contributed by atoms with Crippen molar-refractivity contribution in [3.05, 3.63) is 54.1 Å². The molecule has 2 fully saturated rings. The first-order valence-corrected chi connectivity index (χ1v) is 13.4. The summed E-state index contributed by atoms with van der Waals surface area (Å²) in [6.07, 6.45) is 5.17. The summed E-state index contributed by atoms with van der Waals surface area (Å²) in [7, 11) is -3.48. The molecule has 2 aliphatic heterocycles. The fraction of sp³-hybridized carbons (Fsp3) is 0.400. The van der Waals surface area contributed by atoms with Crippen molar-refractivity contribution in [2.45, 2.75) is 43.4 Å². The summed E-state index contributed by atoms with van der Waals surface area (Å²) in [4.78, 5) is 24.8. The third-order valence-corrected chi connectivity index (χ3v) is 8.37. The molecule has 0 radical (unpaired) electrons. The van der Waals surface area contributed by atoms with Crippen molar-refractivity contribution >= 4 is 38.6 Å². The summed E-state index contributed by atoms with van der Waals surface area (Å²) in [5.74, 6) is 0.957. The number of nitrogens with zero attached hydrogens (tertiary/aromatic N) is 4. The van der Waals surface area contributed by atoms with Crippen LogP contribution in [0.4, 0.5) is 11.6 Å². The first kappa shape index (κ1) is 22.7. The number of hydrogen-bond acceptors (Lipinski definition) is 6. The number of aromatic nitrogens is 2. The lowest BCUT2D eigenvalue weighted by Gasteiger charge is -2.25. The number of rotatable bonds is 6. The molecule has 0 unspecified atom stereocenters. The van der Waals surface area contributed by atoms with Crippen molar-refractivity contribution in [3.8, 4) is 0 Å². The van der Waals surface area contributed by atoms with Crippen LogP contribution in [-0.4, -0.2) is 54.8 Å². The second kappa shape index (κ2) is 9.68. The van der Waals surface area contributed by atoms with Gasteiger partial charge in [-0.2, -0.15) is 4.31 Å². The van der Waals surface area contributed by atoms with Crippen molar-refractivity contribution in [1.29, 1.82) is 0 Å². The zero-order chi connectivity index (χ0) is 23.5. The van der Waals surface area contributed by atoms with Gasteiger partial charge in [0.25, 0.3) is 0 Å². The van der Waals surface area contributed by atoms with E-state index in [0.717, 1.165) is 61.8 Å². The molecule has 34 heavy (non-hydrogen) atoms. The molecule has 2 aromatic carbocycles. The van der Waals surface area contributed by atoms with Crippen LogP contribution in [0.25, 0.3) is 11.0 Å². The van der Waals surface area contributed by atoms with Gasteiger partial charge in [0.1, 0.15) is 0 Å². The number of fused-ring (bicyclic) bond motifs is 1. The second-order valence-corrected chi connectivity index (χ2v) is 10.9. The predicted molar refractivity (Wildman–Crippen MR) is 132 cm³/mol. The van der Waals surface area contributed by atoms with Crippen molar-refractivity contribution in [2.24, 2.45) is 0 Å². The fourth-order valence-electron chi connectivity index (χ4n) is 4.62. The van der Waals surface area contributed by atoms with Gasteiger partial charge in [-0.05, 0) is 55.5 Å². The van der Waals surface area contributed by atoms with Gasteiger partial charge in [0.15, 0.2) is 11.6 Å². The maximum atomic E-state index is 12.9. The number of sulfonamides is 1. The number of benzene rings is 2. The van der Waals surface area contributed by atoms with Crippen molar-refractivity contribution < 1.29 is 13.2 Å². The van der Waals surface area contributed by atoms with E-state index in [-0.39, 0.29) is 17.2 Å². The molecule has 8 nitrogen and oxygen atoms in total. The van der Waals surface area contributed by atoms with E-state index in [0.29, 0.717) is 24.7 Å². The third-order valence-electron chi connectivity index (χ3n) is 6.46. The molecule has 1 aromatic heterocycles. The minimum atomic E-state index is -3.48. The van der Waals surface area contributed by atoms with Gasteiger partial charge in [-0.25, -0.2) is 18.4 Å².